The molecule has 0 saturated carbocycles. The fourth-order valence-electron chi connectivity index (χ4n) is 3.61. The summed E-state index contributed by atoms with van der Waals surface area (Å²) in [5.41, 5.74) is 3.34. The topological polar surface area (TPSA) is 55.2 Å². The Kier molecular flexibility index (Phi) is 5.10. The summed E-state index contributed by atoms with van der Waals surface area (Å²) >= 11 is 8.66. The molecule has 0 spiro atoms. The molecule has 2 aromatic carbocycles. The molecule has 8 heteroatoms. The molecule has 0 radical (unpaired) electrons. The summed E-state index contributed by atoms with van der Waals surface area (Å²) in [4.78, 5) is 32.6. The second-order valence-corrected chi connectivity index (χ2v) is 9.15. The van der Waals surface area contributed by atoms with Crippen LogP contribution in [-0.2, 0) is 11.2 Å². The highest BCUT2D eigenvalue weighted by Crippen LogP contribution is 2.29. The van der Waals surface area contributed by atoms with E-state index in [0.29, 0.717) is 32.6 Å². The Hall–Kier alpha value is -2.61. The second-order valence-electron chi connectivity index (χ2n) is 6.86. The Morgan fingerprint density at radius 3 is 2.77 bits per heavy atom. The van der Waals surface area contributed by atoms with E-state index in [1.54, 1.807) is 28.8 Å². The number of thiophene rings is 1. The third kappa shape index (κ3) is 3.43. The van der Waals surface area contributed by atoms with Gasteiger partial charge in [-0.25, -0.2) is 4.98 Å². The third-order valence-corrected chi connectivity index (χ3v) is 7.11. The monoisotopic (exact) mass is 453 g/mol. The lowest BCUT2D eigenvalue weighted by Gasteiger charge is -2.18. The minimum absolute atomic E-state index is 0.00673. The fourth-order valence-corrected chi connectivity index (χ4v) is 5.38. The number of amides is 1. The quantitative estimate of drug-likeness (QED) is 0.329. The first kappa shape index (κ1) is 19.4. The van der Waals surface area contributed by atoms with Gasteiger partial charge in [-0.05, 0) is 53.8 Å². The third-order valence-electron chi connectivity index (χ3n) is 5.05. The normalized spacial score (nSPS) is 13.0. The summed E-state index contributed by atoms with van der Waals surface area (Å²) < 4.78 is 2.15. The van der Waals surface area contributed by atoms with E-state index in [9.17, 15) is 9.59 Å². The number of nitrogens with zero attached hydrogens (tertiary/aromatic N) is 3. The minimum atomic E-state index is -0.140. The van der Waals surface area contributed by atoms with E-state index in [-0.39, 0.29) is 17.2 Å². The summed E-state index contributed by atoms with van der Waals surface area (Å²) in [5.74, 6) is 0.205. The van der Waals surface area contributed by atoms with Gasteiger partial charge < -0.3 is 4.90 Å². The zero-order chi connectivity index (χ0) is 20.7. The highest BCUT2D eigenvalue weighted by atomic mass is 35.5. The number of benzene rings is 2. The number of carbonyl (C=O) groups is 1. The molecular weight excluding hydrogens is 438 g/mol. The van der Waals surface area contributed by atoms with E-state index in [1.807, 2.05) is 34.5 Å². The Bertz CT molecular complexity index is 1310. The fraction of sp³-hybridized carbons (Fsp3) is 0.136. The summed E-state index contributed by atoms with van der Waals surface area (Å²) in [7, 11) is 0. The Balaban J connectivity index is 1.48. The minimum Gasteiger partial charge on any atom is -0.311 e. The van der Waals surface area contributed by atoms with Crippen molar-refractivity contribution in [2.24, 2.45) is 0 Å². The molecule has 0 unspecified atom stereocenters. The number of rotatable bonds is 4. The summed E-state index contributed by atoms with van der Waals surface area (Å²) in [6, 6.07) is 16.8. The lowest BCUT2D eigenvalue weighted by atomic mass is 10.2. The summed E-state index contributed by atoms with van der Waals surface area (Å²) in [6.07, 6.45) is 0.862. The highest BCUT2D eigenvalue weighted by Gasteiger charge is 2.25. The molecule has 5 rings (SSSR count). The maximum atomic E-state index is 13.2. The average molecular weight is 454 g/mol. The van der Waals surface area contributed by atoms with Crippen LogP contribution in [0, 0.1) is 0 Å². The maximum absolute atomic E-state index is 13.2. The molecule has 30 heavy (non-hydrogen) atoms. The highest BCUT2D eigenvalue weighted by molar-refractivity contribution is 7.99. The van der Waals surface area contributed by atoms with Crippen LogP contribution in [0.4, 0.5) is 5.69 Å². The van der Waals surface area contributed by atoms with Crippen LogP contribution in [0.1, 0.15) is 5.56 Å². The van der Waals surface area contributed by atoms with Crippen molar-refractivity contribution in [2.45, 2.75) is 11.6 Å². The van der Waals surface area contributed by atoms with Crippen LogP contribution in [0.2, 0.25) is 5.02 Å². The molecule has 150 valence electrons. The number of aromatic nitrogens is 2. The molecule has 0 aliphatic carbocycles. The molecule has 3 heterocycles. The van der Waals surface area contributed by atoms with E-state index in [0.717, 1.165) is 12.1 Å². The van der Waals surface area contributed by atoms with Crippen molar-refractivity contribution in [3.63, 3.8) is 0 Å². The predicted molar refractivity (Wildman–Crippen MR) is 123 cm³/mol. The van der Waals surface area contributed by atoms with Crippen molar-refractivity contribution in [1.82, 2.24) is 9.55 Å². The van der Waals surface area contributed by atoms with Crippen molar-refractivity contribution >= 4 is 56.5 Å². The Morgan fingerprint density at radius 1 is 1.13 bits per heavy atom. The van der Waals surface area contributed by atoms with E-state index < -0.39 is 0 Å². The first-order valence-corrected chi connectivity index (χ1v) is 11.6. The van der Waals surface area contributed by atoms with Crippen LogP contribution in [0.5, 0.6) is 0 Å². The molecule has 4 aromatic rings. The van der Waals surface area contributed by atoms with Crippen molar-refractivity contribution in [3.05, 3.63) is 80.9 Å². The number of halogens is 1. The molecule has 1 amide bonds. The molecule has 1 aliphatic rings. The number of hydrogen-bond donors (Lipinski definition) is 0. The summed E-state index contributed by atoms with van der Waals surface area (Å²) in [6.45, 7) is 0.680. The van der Waals surface area contributed by atoms with E-state index in [4.69, 9.17) is 11.6 Å². The molecule has 2 aromatic heterocycles. The van der Waals surface area contributed by atoms with E-state index >= 15 is 0 Å². The zero-order valence-corrected chi connectivity index (χ0v) is 18.1. The van der Waals surface area contributed by atoms with Gasteiger partial charge in [0.1, 0.15) is 4.70 Å². The van der Waals surface area contributed by atoms with Crippen LogP contribution in [0.25, 0.3) is 15.9 Å². The van der Waals surface area contributed by atoms with E-state index in [1.165, 1.54) is 28.7 Å². The van der Waals surface area contributed by atoms with Gasteiger partial charge in [-0.2, -0.15) is 0 Å². The van der Waals surface area contributed by atoms with Gasteiger partial charge in [0.25, 0.3) is 5.56 Å². The number of thioether (sulfide) groups is 1. The van der Waals surface area contributed by atoms with Gasteiger partial charge in [-0.15, -0.1) is 11.3 Å². The predicted octanol–water partition coefficient (Wildman–Crippen LogP) is 4.78. The number of hydrogen-bond acceptors (Lipinski definition) is 5. The van der Waals surface area contributed by atoms with Crippen molar-refractivity contribution in [2.75, 3.05) is 17.2 Å². The lowest BCUT2D eigenvalue weighted by Crippen LogP contribution is -2.31. The van der Waals surface area contributed by atoms with Crippen LogP contribution in [-0.4, -0.2) is 27.8 Å². The van der Waals surface area contributed by atoms with Gasteiger partial charge in [0.2, 0.25) is 5.91 Å². The molecule has 0 N–H and O–H groups in total. The van der Waals surface area contributed by atoms with Crippen LogP contribution >= 0.6 is 34.7 Å². The first-order valence-electron chi connectivity index (χ1n) is 9.39. The molecular formula is C22H16ClN3O2S2. The molecule has 0 bridgehead atoms. The molecule has 0 saturated heterocycles. The lowest BCUT2D eigenvalue weighted by molar-refractivity contribution is -0.116. The average Bonchev–Trinajstić information content (AvgIpc) is 3.40. The van der Waals surface area contributed by atoms with Crippen molar-refractivity contribution in [1.29, 1.82) is 0 Å². The number of fused-ring (bicyclic) bond motifs is 2. The molecule has 5 nitrogen and oxygen atoms in total. The van der Waals surface area contributed by atoms with Gasteiger partial charge >= 0.3 is 0 Å². The molecule has 0 atom stereocenters. The maximum Gasteiger partial charge on any atom is 0.276 e. The van der Waals surface area contributed by atoms with Gasteiger partial charge in [-0.1, -0.05) is 41.6 Å². The number of anilines is 1. The van der Waals surface area contributed by atoms with Crippen LogP contribution in [0.15, 0.2) is 69.9 Å². The number of para-hydroxylation sites is 1. The second kappa shape index (κ2) is 7.91. The Morgan fingerprint density at radius 2 is 1.93 bits per heavy atom. The SMILES string of the molecule is O=C(CSc1nc2ccsc2c(=O)n1-c1ccc(Cl)cc1)N1CCc2ccccc21. The first-order chi connectivity index (χ1) is 14.6. The standard InChI is InChI=1S/C22H16ClN3O2S2/c23-15-5-7-16(8-6-15)26-21(28)20-17(10-12-29-20)24-22(26)30-13-19(27)25-11-9-14-3-1-2-4-18(14)25/h1-8,10,12H,9,11,13H2. The Labute approximate surface area is 185 Å². The van der Waals surface area contributed by atoms with Gasteiger partial charge in [0.15, 0.2) is 5.16 Å². The summed E-state index contributed by atoms with van der Waals surface area (Å²) in [5, 5.41) is 2.94. The van der Waals surface area contributed by atoms with E-state index in [2.05, 4.69) is 11.1 Å². The molecule has 0 fully saturated rings. The van der Waals surface area contributed by atoms with Crippen LogP contribution in [0.3, 0.4) is 0 Å². The largest absolute Gasteiger partial charge is 0.311 e. The van der Waals surface area contributed by atoms with Crippen LogP contribution < -0.4 is 10.5 Å². The van der Waals surface area contributed by atoms with Crippen molar-refractivity contribution < 1.29 is 4.79 Å². The number of carbonyl (C=O) groups excluding carboxylic acids is 1. The smallest absolute Gasteiger partial charge is 0.276 e. The van der Waals surface area contributed by atoms with Gasteiger partial charge in [-0.3, -0.25) is 14.2 Å². The van der Waals surface area contributed by atoms with Crippen molar-refractivity contribution in [3.8, 4) is 5.69 Å². The van der Waals surface area contributed by atoms with Gasteiger partial charge in [0, 0.05) is 17.3 Å². The van der Waals surface area contributed by atoms with Gasteiger partial charge in [0.05, 0.1) is 17.0 Å². The zero-order valence-electron chi connectivity index (χ0n) is 15.7. The molecule has 1 aliphatic heterocycles.